The number of ether oxygens (including phenoxy) is 3. The van der Waals surface area contributed by atoms with Gasteiger partial charge in [-0.1, -0.05) is 33.8 Å². The van der Waals surface area contributed by atoms with Crippen LogP contribution in [0.4, 0.5) is 0 Å². The lowest BCUT2D eigenvalue weighted by Gasteiger charge is -2.30. The summed E-state index contributed by atoms with van der Waals surface area (Å²) < 4.78 is 22.6. The fourth-order valence-corrected chi connectivity index (χ4v) is 5.35. The molecule has 1 aromatic heterocycles. The van der Waals surface area contributed by atoms with Crippen LogP contribution < -0.4 is 9.47 Å². The smallest absolute Gasteiger partial charge is 0.242 e. The van der Waals surface area contributed by atoms with Crippen molar-refractivity contribution in [1.29, 1.82) is 0 Å². The van der Waals surface area contributed by atoms with E-state index in [4.69, 9.17) is 18.6 Å². The van der Waals surface area contributed by atoms with Crippen molar-refractivity contribution in [3.05, 3.63) is 47.4 Å². The van der Waals surface area contributed by atoms with Crippen molar-refractivity contribution >= 4 is 11.8 Å². The highest BCUT2D eigenvalue weighted by Gasteiger charge is 2.29. The van der Waals surface area contributed by atoms with Gasteiger partial charge in [-0.05, 0) is 67.3 Å². The number of carbonyl (C=O) groups excluding carboxylic acids is 2. The van der Waals surface area contributed by atoms with Gasteiger partial charge in [0.15, 0.2) is 11.5 Å². The van der Waals surface area contributed by atoms with E-state index in [9.17, 15) is 9.59 Å². The van der Waals surface area contributed by atoms with Crippen LogP contribution >= 0.6 is 0 Å². The SMILES string of the molecule is Cc1ccc(CN(Cc2ccc3c(c2)OCO3)C(=O)CN(CC2CCCO2)C(=O)CC(C)CC(C)(C)C)o1. The second kappa shape index (κ2) is 12.2. The van der Waals surface area contributed by atoms with Gasteiger partial charge in [0, 0.05) is 26.1 Å². The topological polar surface area (TPSA) is 81.5 Å². The quantitative estimate of drug-likeness (QED) is 0.394. The van der Waals surface area contributed by atoms with E-state index in [-0.39, 0.29) is 42.6 Å². The molecule has 2 aliphatic heterocycles. The van der Waals surface area contributed by atoms with Gasteiger partial charge in [0.2, 0.25) is 18.6 Å². The largest absolute Gasteiger partial charge is 0.464 e. The number of aryl methyl sites for hydroxylation is 1. The minimum absolute atomic E-state index is 0.00229. The molecule has 8 nitrogen and oxygen atoms in total. The Morgan fingerprint density at radius 2 is 1.82 bits per heavy atom. The number of fused-ring (bicyclic) bond motifs is 1. The van der Waals surface area contributed by atoms with Crippen LogP contribution in [0.15, 0.2) is 34.7 Å². The van der Waals surface area contributed by atoms with Crippen LogP contribution in [-0.4, -0.2) is 54.2 Å². The van der Waals surface area contributed by atoms with Crippen LogP contribution in [0.1, 0.15) is 70.5 Å². The van der Waals surface area contributed by atoms with Gasteiger partial charge in [-0.25, -0.2) is 0 Å². The summed E-state index contributed by atoms with van der Waals surface area (Å²) in [6, 6.07) is 9.48. The van der Waals surface area contributed by atoms with E-state index in [0.717, 1.165) is 30.6 Å². The standard InChI is InChI=1S/C30H42N2O6/c1-21(15-30(3,4)5)13-28(33)32(17-24-7-6-12-35-24)19-29(34)31(18-25-10-8-22(2)38-25)16-23-9-11-26-27(14-23)37-20-36-26/h8-11,14,21,24H,6-7,12-13,15-20H2,1-5H3. The Bertz CT molecular complexity index is 1100. The van der Waals surface area contributed by atoms with Gasteiger partial charge >= 0.3 is 0 Å². The second-order valence-corrected chi connectivity index (χ2v) is 11.9. The second-order valence-electron chi connectivity index (χ2n) is 11.9. The Labute approximate surface area is 226 Å². The molecule has 2 amide bonds. The first-order chi connectivity index (χ1) is 18.1. The van der Waals surface area contributed by atoms with Crippen molar-refractivity contribution in [3.63, 3.8) is 0 Å². The summed E-state index contributed by atoms with van der Waals surface area (Å²) in [6.07, 6.45) is 3.21. The highest BCUT2D eigenvalue weighted by atomic mass is 16.7. The third-order valence-electron chi connectivity index (χ3n) is 6.92. The predicted octanol–water partition coefficient (Wildman–Crippen LogP) is 5.32. The number of nitrogens with zero attached hydrogens (tertiary/aromatic N) is 2. The molecule has 2 aliphatic rings. The van der Waals surface area contributed by atoms with Gasteiger partial charge in [-0.2, -0.15) is 0 Å². The zero-order valence-corrected chi connectivity index (χ0v) is 23.5. The van der Waals surface area contributed by atoms with Gasteiger partial charge in [0.25, 0.3) is 0 Å². The van der Waals surface area contributed by atoms with Crippen LogP contribution in [0.3, 0.4) is 0 Å². The maximum atomic E-state index is 13.8. The first-order valence-electron chi connectivity index (χ1n) is 13.7. The van der Waals surface area contributed by atoms with E-state index in [1.54, 1.807) is 9.80 Å². The van der Waals surface area contributed by atoms with Crippen LogP contribution in [0.5, 0.6) is 11.5 Å². The molecule has 38 heavy (non-hydrogen) atoms. The average molecular weight is 527 g/mol. The summed E-state index contributed by atoms with van der Waals surface area (Å²) in [5, 5.41) is 0. The average Bonchev–Trinajstić information content (AvgIpc) is 3.59. The number of benzene rings is 1. The van der Waals surface area contributed by atoms with Crippen molar-refractivity contribution in [3.8, 4) is 11.5 Å². The zero-order chi connectivity index (χ0) is 27.3. The van der Waals surface area contributed by atoms with Gasteiger partial charge < -0.3 is 28.4 Å². The molecule has 0 saturated carbocycles. The van der Waals surface area contributed by atoms with E-state index in [2.05, 4.69) is 27.7 Å². The lowest BCUT2D eigenvalue weighted by Crippen LogP contribution is -2.45. The monoisotopic (exact) mass is 526 g/mol. The predicted molar refractivity (Wildman–Crippen MR) is 144 cm³/mol. The molecular weight excluding hydrogens is 484 g/mol. The Morgan fingerprint density at radius 3 is 2.50 bits per heavy atom. The highest BCUT2D eigenvalue weighted by Crippen LogP contribution is 2.33. The summed E-state index contributed by atoms with van der Waals surface area (Å²) in [4.78, 5) is 30.7. The van der Waals surface area contributed by atoms with Crippen molar-refractivity contribution < 1.29 is 28.2 Å². The molecule has 0 bridgehead atoms. The number of rotatable bonds is 11. The number of amides is 2. The Balaban J connectivity index is 1.50. The summed E-state index contributed by atoms with van der Waals surface area (Å²) in [7, 11) is 0. The van der Waals surface area contributed by atoms with Crippen molar-refractivity contribution in [2.24, 2.45) is 11.3 Å². The first kappa shape index (κ1) is 28.0. The molecule has 2 aromatic rings. The summed E-state index contributed by atoms with van der Waals surface area (Å²) >= 11 is 0. The van der Waals surface area contributed by atoms with E-state index >= 15 is 0 Å². The fourth-order valence-electron chi connectivity index (χ4n) is 5.35. The molecular formula is C30H42N2O6. The molecule has 0 N–H and O–H groups in total. The minimum atomic E-state index is -0.133. The molecule has 2 unspecified atom stereocenters. The fraction of sp³-hybridized carbons (Fsp3) is 0.600. The normalized spacial score (nSPS) is 17.4. The third kappa shape index (κ3) is 8.00. The Morgan fingerprint density at radius 1 is 1.03 bits per heavy atom. The lowest BCUT2D eigenvalue weighted by molar-refractivity contribution is -0.143. The Hall–Kier alpha value is -3.00. The van der Waals surface area contributed by atoms with Crippen LogP contribution in [0.25, 0.3) is 0 Å². The molecule has 8 heteroatoms. The molecule has 1 saturated heterocycles. The van der Waals surface area contributed by atoms with E-state index in [1.165, 1.54) is 0 Å². The van der Waals surface area contributed by atoms with Gasteiger partial charge in [-0.3, -0.25) is 9.59 Å². The molecule has 1 aromatic carbocycles. The highest BCUT2D eigenvalue weighted by molar-refractivity contribution is 5.85. The molecule has 1 fully saturated rings. The van der Waals surface area contributed by atoms with E-state index in [0.29, 0.717) is 49.9 Å². The number of carbonyl (C=O) groups is 2. The molecule has 0 aliphatic carbocycles. The van der Waals surface area contributed by atoms with Crippen LogP contribution in [-0.2, 0) is 27.4 Å². The third-order valence-corrected chi connectivity index (χ3v) is 6.92. The zero-order valence-electron chi connectivity index (χ0n) is 23.5. The molecule has 0 spiro atoms. The van der Waals surface area contributed by atoms with Crippen LogP contribution in [0.2, 0.25) is 0 Å². The lowest BCUT2D eigenvalue weighted by atomic mass is 9.84. The summed E-state index contributed by atoms with van der Waals surface area (Å²) in [5.41, 5.74) is 1.05. The van der Waals surface area contributed by atoms with Crippen molar-refractivity contribution in [2.45, 2.75) is 79.5 Å². The van der Waals surface area contributed by atoms with E-state index < -0.39 is 0 Å². The number of hydrogen-bond acceptors (Lipinski definition) is 6. The number of furan rings is 1. The molecule has 208 valence electrons. The number of hydrogen-bond donors (Lipinski definition) is 0. The molecule has 0 radical (unpaired) electrons. The first-order valence-corrected chi connectivity index (χ1v) is 13.7. The van der Waals surface area contributed by atoms with Crippen molar-refractivity contribution in [2.75, 3.05) is 26.5 Å². The van der Waals surface area contributed by atoms with Gasteiger partial charge in [-0.15, -0.1) is 0 Å². The molecule has 3 heterocycles. The summed E-state index contributed by atoms with van der Waals surface area (Å²) in [6.45, 7) is 12.6. The van der Waals surface area contributed by atoms with Crippen molar-refractivity contribution in [1.82, 2.24) is 9.80 Å². The Kier molecular flexibility index (Phi) is 9.03. The van der Waals surface area contributed by atoms with Gasteiger partial charge in [0.05, 0.1) is 19.2 Å². The maximum Gasteiger partial charge on any atom is 0.242 e. The van der Waals surface area contributed by atoms with E-state index in [1.807, 2.05) is 37.3 Å². The molecule has 4 rings (SSSR count). The van der Waals surface area contributed by atoms with Crippen LogP contribution in [0, 0.1) is 18.3 Å². The summed E-state index contributed by atoms with van der Waals surface area (Å²) in [5.74, 6) is 2.96. The minimum Gasteiger partial charge on any atom is -0.464 e. The maximum absolute atomic E-state index is 13.8. The van der Waals surface area contributed by atoms with Gasteiger partial charge in [0.1, 0.15) is 11.5 Å². The molecule has 2 atom stereocenters.